The molecule has 5 heteroatoms. The summed E-state index contributed by atoms with van der Waals surface area (Å²) in [7, 11) is 1.81. The Balaban J connectivity index is 1.63. The lowest BCUT2D eigenvalue weighted by Crippen LogP contribution is -2.30. The smallest absolute Gasteiger partial charge is 0.255 e. The molecule has 1 aliphatic heterocycles. The average Bonchev–Trinajstić information content (AvgIpc) is 2.88. The minimum absolute atomic E-state index is 0.107. The maximum atomic E-state index is 12.2. The number of likely N-dealkylation sites (tertiary alicyclic amines) is 1. The van der Waals surface area contributed by atoms with E-state index in [2.05, 4.69) is 10.6 Å². The fraction of sp³-hybridized carbons (Fsp3) is 0.222. The van der Waals surface area contributed by atoms with Gasteiger partial charge in [0.25, 0.3) is 5.91 Å². The van der Waals surface area contributed by atoms with Crippen LogP contribution in [0.5, 0.6) is 0 Å². The van der Waals surface area contributed by atoms with E-state index in [1.54, 1.807) is 24.1 Å². The van der Waals surface area contributed by atoms with Gasteiger partial charge in [0.15, 0.2) is 0 Å². The van der Waals surface area contributed by atoms with Gasteiger partial charge in [-0.3, -0.25) is 9.59 Å². The molecular weight excluding hydrogens is 290 g/mol. The van der Waals surface area contributed by atoms with Crippen LogP contribution < -0.4 is 10.6 Å². The summed E-state index contributed by atoms with van der Waals surface area (Å²) in [6, 6.07) is 16.3. The van der Waals surface area contributed by atoms with Crippen LogP contribution in [0.4, 0.5) is 11.4 Å². The molecule has 5 nitrogen and oxygen atoms in total. The highest BCUT2D eigenvalue weighted by Gasteiger charge is 2.28. The number of amides is 2. The molecule has 1 saturated heterocycles. The highest BCUT2D eigenvalue weighted by molar-refractivity contribution is 6.04. The fourth-order valence-corrected chi connectivity index (χ4v) is 2.60. The second kappa shape index (κ2) is 6.52. The zero-order valence-corrected chi connectivity index (χ0v) is 13.0. The molecule has 0 radical (unpaired) electrons. The van der Waals surface area contributed by atoms with Gasteiger partial charge in [0.1, 0.15) is 6.04 Å². The Hall–Kier alpha value is -2.82. The van der Waals surface area contributed by atoms with Crippen molar-refractivity contribution in [2.45, 2.75) is 12.5 Å². The SMILES string of the molecule is CN1CC[C@@H](Nc2ccc(C(=O)Nc3ccccc3)cc2)C1=O. The van der Waals surface area contributed by atoms with E-state index in [9.17, 15) is 9.59 Å². The highest BCUT2D eigenvalue weighted by Crippen LogP contribution is 2.17. The van der Waals surface area contributed by atoms with Gasteiger partial charge in [0.05, 0.1) is 0 Å². The molecule has 2 aromatic rings. The Morgan fingerprint density at radius 1 is 1.04 bits per heavy atom. The topological polar surface area (TPSA) is 61.4 Å². The first-order valence-electron chi connectivity index (χ1n) is 7.61. The Bertz CT molecular complexity index is 698. The number of nitrogens with zero attached hydrogens (tertiary/aromatic N) is 1. The second-order valence-electron chi connectivity index (χ2n) is 5.64. The molecule has 23 heavy (non-hydrogen) atoms. The molecule has 3 rings (SSSR count). The molecule has 2 N–H and O–H groups in total. The van der Waals surface area contributed by atoms with Crippen molar-refractivity contribution >= 4 is 23.2 Å². The summed E-state index contributed by atoms with van der Waals surface area (Å²) in [6.07, 6.45) is 0.797. The molecule has 1 aliphatic rings. The predicted molar refractivity (Wildman–Crippen MR) is 90.5 cm³/mol. The fourth-order valence-electron chi connectivity index (χ4n) is 2.60. The van der Waals surface area contributed by atoms with Crippen molar-refractivity contribution in [1.29, 1.82) is 0 Å². The quantitative estimate of drug-likeness (QED) is 0.912. The molecule has 0 bridgehead atoms. The van der Waals surface area contributed by atoms with Gasteiger partial charge < -0.3 is 15.5 Å². The molecule has 2 aromatic carbocycles. The van der Waals surface area contributed by atoms with E-state index in [0.717, 1.165) is 24.3 Å². The van der Waals surface area contributed by atoms with Crippen LogP contribution in [0, 0.1) is 0 Å². The first-order chi connectivity index (χ1) is 11.1. The Morgan fingerprint density at radius 2 is 1.74 bits per heavy atom. The molecule has 1 fully saturated rings. The summed E-state index contributed by atoms with van der Waals surface area (Å²) < 4.78 is 0. The van der Waals surface area contributed by atoms with E-state index in [1.165, 1.54) is 0 Å². The van der Waals surface area contributed by atoms with E-state index in [0.29, 0.717) is 5.56 Å². The monoisotopic (exact) mass is 309 g/mol. The van der Waals surface area contributed by atoms with E-state index in [-0.39, 0.29) is 17.9 Å². The molecular formula is C18H19N3O2. The molecule has 0 unspecified atom stereocenters. The summed E-state index contributed by atoms with van der Waals surface area (Å²) in [5, 5.41) is 6.06. The van der Waals surface area contributed by atoms with Crippen molar-refractivity contribution in [3.05, 3.63) is 60.2 Å². The summed E-state index contributed by atoms with van der Waals surface area (Å²) >= 11 is 0. The van der Waals surface area contributed by atoms with Crippen LogP contribution in [0.25, 0.3) is 0 Å². The molecule has 0 aliphatic carbocycles. The number of anilines is 2. The first kappa shape index (κ1) is 15.1. The number of carbonyl (C=O) groups excluding carboxylic acids is 2. The van der Waals surface area contributed by atoms with E-state index in [1.807, 2.05) is 42.5 Å². The zero-order chi connectivity index (χ0) is 16.2. The van der Waals surface area contributed by atoms with Gasteiger partial charge in [-0.1, -0.05) is 18.2 Å². The largest absolute Gasteiger partial charge is 0.374 e. The number of likely N-dealkylation sites (N-methyl/N-ethyl adjacent to an activating group) is 1. The lowest BCUT2D eigenvalue weighted by atomic mass is 10.1. The van der Waals surface area contributed by atoms with Crippen LogP contribution in [0.2, 0.25) is 0 Å². The number of hydrogen-bond donors (Lipinski definition) is 2. The van der Waals surface area contributed by atoms with E-state index < -0.39 is 0 Å². The van der Waals surface area contributed by atoms with Gasteiger partial charge in [0, 0.05) is 30.5 Å². The van der Waals surface area contributed by atoms with Crippen molar-refractivity contribution in [2.75, 3.05) is 24.2 Å². The predicted octanol–water partition coefficient (Wildman–Crippen LogP) is 2.58. The molecule has 1 heterocycles. The van der Waals surface area contributed by atoms with Gasteiger partial charge in [0.2, 0.25) is 5.91 Å². The van der Waals surface area contributed by atoms with Crippen molar-refractivity contribution in [3.63, 3.8) is 0 Å². The highest BCUT2D eigenvalue weighted by atomic mass is 16.2. The normalized spacial score (nSPS) is 17.2. The van der Waals surface area contributed by atoms with Gasteiger partial charge in [-0.15, -0.1) is 0 Å². The van der Waals surface area contributed by atoms with Gasteiger partial charge in [-0.2, -0.15) is 0 Å². The van der Waals surface area contributed by atoms with Gasteiger partial charge >= 0.3 is 0 Å². The van der Waals surface area contributed by atoms with Crippen molar-refractivity contribution in [3.8, 4) is 0 Å². The molecule has 118 valence electrons. The molecule has 0 saturated carbocycles. The third kappa shape index (κ3) is 3.51. The molecule has 0 spiro atoms. The number of para-hydroxylation sites is 1. The summed E-state index contributed by atoms with van der Waals surface area (Å²) in [5.74, 6) is -0.0460. The average molecular weight is 309 g/mol. The first-order valence-corrected chi connectivity index (χ1v) is 7.61. The van der Waals surface area contributed by atoms with Crippen LogP contribution in [0.3, 0.4) is 0 Å². The number of carbonyl (C=O) groups is 2. The van der Waals surface area contributed by atoms with Crippen molar-refractivity contribution in [2.24, 2.45) is 0 Å². The minimum Gasteiger partial charge on any atom is -0.374 e. The molecule has 0 aromatic heterocycles. The summed E-state index contributed by atoms with van der Waals surface area (Å²) in [5.41, 5.74) is 2.18. The Kier molecular flexibility index (Phi) is 4.28. The standard InChI is InChI=1S/C18H19N3O2/c1-21-12-11-16(18(21)23)19-15-9-7-13(8-10-15)17(22)20-14-5-3-2-4-6-14/h2-10,16,19H,11-12H2,1H3,(H,20,22)/t16-/m1/s1. The second-order valence-corrected chi connectivity index (χ2v) is 5.64. The van der Waals surface area contributed by atoms with Gasteiger partial charge in [-0.05, 0) is 42.8 Å². The van der Waals surface area contributed by atoms with Crippen LogP contribution in [0.15, 0.2) is 54.6 Å². The molecule has 2 amide bonds. The number of nitrogens with one attached hydrogen (secondary N) is 2. The van der Waals surface area contributed by atoms with E-state index >= 15 is 0 Å². The lowest BCUT2D eigenvalue weighted by molar-refractivity contribution is -0.127. The van der Waals surface area contributed by atoms with Crippen LogP contribution in [-0.2, 0) is 4.79 Å². The minimum atomic E-state index is -0.177. The van der Waals surface area contributed by atoms with Gasteiger partial charge in [-0.25, -0.2) is 0 Å². The van der Waals surface area contributed by atoms with E-state index in [4.69, 9.17) is 0 Å². The third-order valence-corrected chi connectivity index (χ3v) is 3.95. The van der Waals surface area contributed by atoms with Crippen LogP contribution in [-0.4, -0.2) is 36.3 Å². The van der Waals surface area contributed by atoms with Crippen molar-refractivity contribution in [1.82, 2.24) is 4.90 Å². The van der Waals surface area contributed by atoms with Crippen LogP contribution in [0.1, 0.15) is 16.8 Å². The summed E-state index contributed by atoms with van der Waals surface area (Å²) in [6.45, 7) is 0.772. The Labute approximate surface area is 135 Å². The maximum absolute atomic E-state index is 12.2. The summed E-state index contributed by atoms with van der Waals surface area (Å²) in [4.78, 5) is 25.8. The third-order valence-electron chi connectivity index (χ3n) is 3.95. The van der Waals surface area contributed by atoms with Crippen molar-refractivity contribution < 1.29 is 9.59 Å². The zero-order valence-electron chi connectivity index (χ0n) is 13.0. The number of rotatable bonds is 4. The van der Waals surface area contributed by atoms with Crippen LogP contribution >= 0.6 is 0 Å². The number of hydrogen-bond acceptors (Lipinski definition) is 3. The number of benzene rings is 2. The Morgan fingerprint density at radius 3 is 2.35 bits per heavy atom. The maximum Gasteiger partial charge on any atom is 0.255 e. The lowest BCUT2D eigenvalue weighted by Gasteiger charge is -2.13. The molecule has 1 atom stereocenters.